The zero-order valence-corrected chi connectivity index (χ0v) is 24.9. The molecule has 1 unspecified atom stereocenters. The largest absolute Gasteiger partial charge is 0.396 e. The van der Waals surface area contributed by atoms with Gasteiger partial charge in [-0.05, 0) is 104 Å². The van der Waals surface area contributed by atoms with E-state index in [0.717, 1.165) is 64.2 Å². The third-order valence-corrected chi connectivity index (χ3v) is 12.7. The predicted molar refractivity (Wildman–Crippen MR) is 144 cm³/mol. The van der Waals surface area contributed by atoms with Crippen LogP contribution in [0.2, 0.25) is 0 Å². The maximum atomic E-state index is 12.2. The van der Waals surface area contributed by atoms with Crippen molar-refractivity contribution in [3.8, 4) is 0 Å². The van der Waals surface area contributed by atoms with Crippen LogP contribution in [0.4, 0.5) is 0 Å². The van der Waals surface area contributed by atoms with Crippen LogP contribution in [0.15, 0.2) is 0 Å². The van der Waals surface area contributed by atoms with Crippen molar-refractivity contribution < 1.29 is 31.4 Å². The van der Waals surface area contributed by atoms with E-state index in [-0.39, 0.29) is 54.0 Å². The number of thiol groups is 1. The molecule has 2 heterocycles. The van der Waals surface area contributed by atoms with Crippen LogP contribution in [-0.4, -0.2) is 57.6 Å². The van der Waals surface area contributed by atoms with E-state index in [1.165, 1.54) is 0 Å². The second kappa shape index (κ2) is 10.2. The lowest BCUT2D eigenvalue weighted by Gasteiger charge is -2.57. The fourth-order valence-electron chi connectivity index (χ4n) is 9.81. The molecule has 7 nitrogen and oxygen atoms in total. The van der Waals surface area contributed by atoms with Gasteiger partial charge in [0.25, 0.3) is 10.1 Å². The number of aliphatic hydroxyl groups excluding tert-OH is 1. The van der Waals surface area contributed by atoms with Crippen LogP contribution in [0.3, 0.4) is 0 Å². The first-order chi connectivity index (χ1) is 17.4. The second-order valence-electron chi connectivity index (χ2n) is 13.8. The molecule has 5 rings (SSSR count). The van der Waals surface area contributed by atoms with E-state index in [4.69, 9.17) is 17.8 Å². The minimum Gasteiger partial charge on any atom is -0.396 e. The third kappa shape index (κ3) is 4.84. The molecular weight excluding hydrogens is 512 g/mol. The van der Waals surface area contributed by atoms with Crippen molar-refractivity contribution in [2.75, 3.05) is 26.1 Å². The smallest absolute Gasteiger partial charge is 0.264 e. The summed E-state index contributed by atoms with van der Waals surface area (Å²) < 4.78 is 48.6. The summed E-state index contributed by atoms with van der Waals surface area (Å²) in [5.41, 5.74) is -0.0725. The van der Waals surface area contributed by atoms with Crippen LogP contribution >= 0.6 is 12.9 Å². The van der Waals surface area contributed by atoms with Crippen LogP contribution in [0.25, 0.3) is 0 Å². The molecule has 0 aromatic heterocycles. The van der Waals surface area contributed by atoms with Gasteiger partial charge in [0.1, 0.15) is 0 Å². The SMILES string of the molecule is CC1CC[C@@]2(OC1)O[C@H]1C[C@H]3[C@H](COS(C)(=O)=O)[C@@H]([C@@]4(C)CC[C@H](OS)C[C@@H]4CO)CC[C@]3(C)[C@H]1[C@@H]2C. The Balaban J connectivity index is 1.44. The van der Waals surface area contributed by atoms with Gasteiger partial charge in [0.2, 0.25) is 0 Å². The van der Waals surface area contributed by atoms with E-state index in [9.17, 15) is 13.5 Å². The van der Waals surface area contributed by atoms with Crippen molar-refractivity contribution in [2.24, 2.45) is 52.3 Å². The van der Waals surface area contributed by atoms with Crippen LogP contribution in [0.1, 0.15) is 79.1 Å². The molecule has 1 spiro atoms. The molecule has 2 aliphatic heterocycles. The minimum atomic E-state index is -3.57. The first-order valence-electron chi connectivity index (χ1n) is 14.4. The van der Waals surface area contributed by atoms with Crippen LogP contribution in [0.5, 0.6) is 0 Å². The Morgan fingerprint density at radius 1 is 1.03 bits per heavy atom. The predicted octanol–water partition coefficient (Wildman–Crippen LogP) is 4.84. The summed E-state index contributed by atoms with van der Waals surface area (Å²) in [6.07, 6.45) is 9.03. The lowest BCUT2D eigenvalue weighted by molar-refractivity contribution is -0.272. The number of rotatable bonds is 6. The van der Waals surface area contributed by atoms with Crippen LogP contribution in [-0.2, 0) is 28.0 Å². The summed E-state index contributed by atoms with van der Waals surface area (Å²) in [6, 6.07) is 0. The number of aliphatic hydroxyl groups is 1. The van der Waals surface area contributed by atoms with Gasteiger partial charge in [-0.1, -0.05) is 27.7 Å². The first-order valence-corrected chi connectivity index (χ1v) is 16.6. The highest BCUT2D eigenvalue weighted by Crippen LogP contribution is 2.69. The molecule has 3 aliphatic carbocycles. The Bertz CT molecular complexity index is 935. The second-order valence-corrected chi connectivity index (χ2v) is 15.6. The van der Waals surface area contributed by atoms with Gasteiger partial charge >= 0.3 is 0 Å². The topological polar surface area (TPSA) is 91.3 Å². The quantitative estimate of drug-likeness (QED) is 0.273. The fourth-order valence-corrected chi connectivity index (χ4v) is 10.4. The van der Waals surface area contributed by atoms with Gasteiger partial charge in [0.05, 0.1) is 31.7 Å². The Labute approximate surface area is 229 Å². The summed E-state index contributed by atoms with van der Waals surface area (Å²) in [7, 11) is -3.57. The molecule has 5 aliphatic rings. The van der Waals surface area contributed by atoms with E-state index in [2.05, 4.69) is 40.6 Å². The molecule has 0 bridgehead atoms. The maximum Gasteiger partial charge on any atom is 0.264 e. The van der Waals surface area contributed by atoms with E-state index in [1.807, 2.05) is 0 Å². The van der Waals surface area contributed by atoms with Gasteiger partial charge in [-0.3, -0.25) is 4.18 Å². The molecule has 2 saturated heterocycles. The highest BCUT2D eigenvalue weighted by Gasteiger charge is 2.68. The highest BCUT2D eigenvalue weighted by molar-refractivity contribution is 7.85. The number of fused-ring (bicyclic) bond motifs is 3. The van der Waals surface area contributed by atoms with Crippen LogP contribution in [0, 0.1) is 52.3 Å². The summed E-state index contributed by atoms with van der Waals surface area (Å²) in [5, 5.41) is 10.4. The lowest BCUT2D eigenvalue weighted by Crippen LogP contribution is -2.54. The summed E-state index contributed by atoms with van der Waals surface area (Å²) in [5.74, 6) is 1.54. The molecule has 3 saturated carbocycles. The molecule has 12 atom stereocenters. The van der Waals surface area contributed by atoms with Crippen molar-refractivity contribution in [1.82, 2.24) is 0 Å². The standard InChI is InChI=1S/C28H48O7S2/c1-17-6-11-28(32-15-17)18(2)25-24(34-28)13-23-21(16-33-37(5,30)31)22(8-10-27(23,25)4)26(3)9-7-20(35-36)12-19(26)14-29/h17-25,29,36H,6-16H2,1-5H3/t17?,18-,19+,20-,21+,22-,23-,24-,25-,26-,27-,28+/m0/s1. The fraction of sp³-hybridized carbons (Fsp3) is 1.00. The Morgan fingerprint density at radius 2 is 1.76 bits per heavy atom. The van der Waals surface area contributed by atoms with Gasteiger partial charge in [-0.25, -0.2) is 0 Å². The van der Waals surface area contributed by atoms with Gasteiger partial charge in [0.15, 0.2) is 5.79 Å². The summed E-state index contributed by atoms with van der Waals surface area (Å²) in [6.45, 7) is 10.4. The molecule has 0 amide bonds. The molecule has 0 aromatic rings. The minimum absolute atomic E-state index is 0.0402. The highest BCUT2D eigenvalue weighted by atomic mass is 32.2. The van der Waals surface area contributed by atoms with E-state index in [1.54, 1.807) is 0 Å². The monoisotopic (exact) mass is 560 g/mol. The van der Waals surface area contributed by atoms with Crippen molar-refractivity contribution in [3.05, 3.63) is 0 Å². The van der Waals surface area contributed by atoms with Gasteiger partial charge in [0, 0.05) is 18.9 Å². The summed E-state index contributed by atoms with van der Waals surface area (Å²) >= 11 is 4.07. The Hall–Kier alpha value is 0.1000. The van der Waals surface area contributed by atoms with E-state index < -0.39 is 15.9 Å². The summed E-state index contributed by atoms with van der Waals surface area (Å²) in [4.78, 5) is 0. The Morgan fingerprint density at radius 3 is 2.38 bits per heavy atom. The zero-order chi connectivity index (χ0) is 26.8. The van der Waals surface area contributed by atoms with Crippen LogP contribution < -0.4 is 0 Å². The maximum absolute atomic E-state index is 12.2. The van der Waals surface area contributed by atoms with Gasteiger partial charge in [-0.2, -0.15) is 8.42 Å². The third-order valence-electron chi connectivity index (χ3n) is 11.9. The molecule has 0 radical (unpaired) electrons. The van der Waals surface area contributed by atoms with E-state index >= 15 is 0 Å². The van der Waals surface area contributed by atoms with Crippen molar-refractivity contribution >= 4 is 23.0 Å². The first kappa shape index (κ1) is 28.6. The molecule has 0 aromatic carbocycles. The van der Waals surface area contributed by atoms with Crippen molar-refractivity contribution in [2.45, 2.75) is 97.1 Å². The van der Waals surface area contributed by atoms with E-state index in [0.29, 0.717) is 23.7 Å². The molecule has 9 heteroatoms. The molecule has 214 valence electrons. The normalized spacial score (nSPS) is 52.2. The average molecular weight is 561 g/mol. The van der Waals surface area contributed by atoms with Crippen molar-refractivity contribution in [3.63, 3.8) is 0 Å². The van der Waals surface area contributed by atoms with Gasteiger partial charge < -0.3 is 18.8 Å². The molecule has 5 fully saturated rings. The number of hydrogen-bond acceptors (Lipinski definition) is 8. The number of ether oxygens (including phenoxy) is 2. The molecule has 37 heavy (non-hydrogen) atoms. The Kier molecular flexibility index (Phi) is 7.87. The van der Waals surface area contributed by atoms with Crippen molar-refractivity contribution in [1.29, 1.82) is 0 Å². The number of hydrogen-bond donors (Lipinski definition) is 2. The average Bonchev–Trinajstić information content (AvgIpc) is 3.29. The molecular formula is C28H48O7S2. The lowest BCUT2D eigenvalue weighted by atomic mass is 9.48. The molecule has 1 N–H and O–H groups in total. The van der Waals surface area contributed by atoms with Gasteiger partial charge in [-0.15, -0.1) is 0 Å². The zero-order valence-electron chi connectivity index (χ0n) is 23.2.